The van der Waals surface area contributed by atoms with Crippen LogP contribution in [0.25, 0.3) is 0 Å². The fraction of sp³-hybridized carbons (Fsp3) is 0.538. The summed E-state index contributed by atoms with van der Waals surface area (Å²) in [6.07, 6.45) is -0.270. The van der Waals surface area contributed by atoms with Gasteiger partial charge in [-0.2, -0.15) is 0 Å². The highest BCUT2D eigenvalue weighted by atomic mass is 32.1. The fourth-order valence-electron chi connectivity index (χ4n) is 1.12. The number of thiophene rings is 1. The van der Waals surface area contributed by atoms with Gasteiger partial charge >= 0.3 is 12.1 Å². The number of rotatable bonds is 5. The van der Waals surface area contributed by atoms with Crippen LogP contribution in [0.15, 0.2) is 17.5 Å². The Kier molecular flexibility index (Phi) is 5.82. The molecule has 0 aliphatic carbocycles. The van der Waals surface area contributed by atoms with Gasteiger partial charge < -0.3 is 14.2 Å². The van der Waals surface area contributed by atoms with Gasteiger partial charge in [0.1, 0.15) is 10.5 Å². The van der Waals surface area contributed by atoms with E-state index < -0.39 is 11.8 Å². The molecule has 1 aromatic rings. The molecule has 106 valence electrons. The second-order valence-electron chi connectivity index (χ2n) is 4.78. The van der Waals surface area contributed by atoms with Gasteiger partial charge in [-0.25, -0.2) is 9.59 Å². The third-order valence-electron chi connectivity index (χ3n) is 1.85. The summed E-state index contributed by atoms with van der Waals surface area (Å²) < 4.78 is 14.8. The van der Waals surface area contributed by atoms with E-state index in [1.807, 2.05) is 5.38 Å². The SMILES string of the molecule is CC(C)(C)OC(=O)OCCCOC(=O)c1cccs1. The summed E-state index contributed by atoms with van der Waals surface area (Å²) in [4.78, 5) is 23.2. The van der Waals surface area contributed by atoms with Crippen LogP contribution in [0, 0.1) is 0 Å². The van der Waals surface area contributed by atoms with E-state index in [0.717, 1.165) is 0 Å². The van der Waals surface area contributed by atoms with Crippen LogP contribution >= 0.6 is 11.3 Å². The van der Waals surface area contributed by atoms with Gasteiger partial charge in [0.05, 0.1) is 13.2 Å². The van der Waals surface area contributed by atoms with Crippen LogP contribution in [-0.2, 0) is 14.2 Å². The minimum atomic E-state index is -0.711. The summed E-state index contributed by atoms with van der Waals surface area (Å²) in [5.74, 6) is -0.354. The zero-order chi connectivity index (χ0) is 14.3. The lowest BCUT2D eigenvalue weighted by molar-refractivity contribution is -0.00955. The predicted octanol–water partition coefficient (Wildman–Crippen LogP) is 3.25. The Morgan fingerprint density at radius 1 is 1.21 bits per heavy atom. The van der Waals surface area contributed by atoms with Gasteiger partial charge in [-0.1, -0.05) is 6.07 Å². The van der Waals surface area contributed by atoms with Gasteiger partial charge in [0.15, 0.2) is 0 Å². The Balaban J connectivity index is 2.09. The quantitative estimate of drug-likeness (QED) is 0.614. The van der Waals surface area contributed by atoms with Crippen LogP contribution in [0.2, 0.25) is 0 Å². The summed E-state index contributed by atoms with van der Waals surface area (Å²) in [5, 5.41) is 1.81. The largest absolute Gasteiger partial charge is 0.508 e. The van der Waals surface area contributed by atoms with E-state index >= 15 is 0 Å². The fourth-order valence-corrected chi connectivity index (χ4v) is 1.74. The molecule has 0 bridgehead atoms. The number of esters is 1. The molecule has 0 amide bonds. The van der Waals surface area contributed by atoms with E-state index in [9.17, 15) is 9.59 Å². The molecule has 0 aromatic carbocycles. The highest BCUT2D eigenvalue weighted by Crippen LogP contribution is 2.10. The van der Waals surface area contributed by atoms with Crippen LogP contribution in [-0.4, -0.2) is 30.9 Å². The molecule has 0 aliphatic rings. The molecule has 0 saturated carbocycles. The highest BCUT2D eigenvalue weighted by molar-refractivity contribution is 7.11. The van der Waals surface area contributed by atoms with Crippen molar-refractivity contribution in [2.24, 2.45) is 0 Å². The zero-order valence-electron chi connectivity index (χ0n) is 11.3. The van der Waals surface area contributed by atoms with E-state index in [-0.39, 0.29) is 19.2 Å². The molecule has 1 aromatic heterocycles. The van der Waals surface area contributed by atoms with Crippen molar-refractivity contribution in [3.8, 4) is 0 Å². The molecule has 1 rings (SSSR count). The lowest BCUT2D eigenvalue weighted by Gasteiger charge is -2.18. The zero-order valence-corrected chi connectivity index (χ0v) is 12.1. The molecule has 5 nitrogen and oxygen atoms in total. The van der Waals surface area contributed by atoms with Crippen molar-refractivity contribution in [2.45, 2.75) is 32.8 Å². The van der Waals surface area contributed by atoms with Crippen molar-refractivity contribution < 1.29 is 23.8 Å². The second-order valence-corrected chi connectivity index (χ2v) is 5.73. The predicted molar refractivity (Wildman–Crippen MR) is 71.4 cm³/mol. The molecule has 19 heavy (non-hydrogen) atoms. The minimum Gasteiger partial charge on any atom is -0.461 e. The first-order valence-corrected chi connectivity index (χ1v) is 6.83. The first-order chi connectivity index (χ1) is 8.88. The maximum absolute atomic E-state index is 11.4. The number of hydrogen-bond acceptors (Lipinski definition) is 6. The summed E-state index contributed by atoms with van der Waals surface area (Å²) in [5.41, 5.74) is -0.567. The molecule has 1 heterocycles. The smallest absolute Gasteiger partial charge is 0.461 e. The van der Waals surface area contributed by atoms with Crippen LogP contribution in [0.1, 0.15) is 36.9 Å². The Hall–Kier alpha value is -1.56. The van der Waals surface area contributed by atoms with Crippen LogP contribution < -0.4 is 0 Å². The van der Waals surface area contributed by atoms with Crippen molar-refractivity contribution in [3.63, 3.8) is 0 Å². The van der Waals surface area contributed by atoms with E-state index in [4.69, 9.17) is 14.2 Å². The van der Waals surface area contributed by atoms with E-state index in [2.05, 4.69) is 0 Å². The van der Waals surface area contributed by atoms with Crippen molar-refractivity contribution in [2.75, 3.05) is 13.2 Å². The van der Waals surface area contributed by atoms with Gasteiger partial charge in [0, 0.05) is 6.42 Å². The average molecular weight is 286 g/mol. The minimum absolute atomic E-state index is 0.159. The molecule has 0 atom stereocenters. The molecule has 0 fully saturated rings. The first kappa shape index (κ1) is 15.5. The number of carbonyl (C=O) groups is 2. The maximum Gasteiger partial charge on any atom is 0.508 e. The number of ether oxygens (including phenoxy) is 3. The lowest BCUT2D eigenvalue weighted by Crippen LogP contribution is -2.24. The normalized spacial score (nSPS) is 10.9. The summed E-state index contributed by atoms with van der Waals surface area (Å²) >= 11 is 1.33. The van der Waals surface area contributed by atoms with Crippen LogP contribution in [0.4, 0.5) is 4.79 Å². The topological polar surface area (TPSA) is 61.8 Å². The Morgan fingerprint density at radius 3 is 2.47 bits per heavy atom. The Labute approximate surface area is 116 Å². The van der Waals surface area contributed by atoms with Crippen molar-refractivity contribution in [3.05, 3.63) is 22.4 Å². The van der Waals surface area contributed by atoms with E-state index in [1.165, 1.54) is 11.3 Å². The van der Waals surface area contributed by atoms with Gasteiger partial charge in [-0.05, 0) is 32.2 Å². The van der Waals surface area contributed by atoms with Crippen LogP contribution in [0.5, 0.6) is 0 Å². The molecule has 0 unspecified atom stereocenters. The average Bonchev–Trinajstić information content (AvgIpc) is 2.79. The maximum atomic E-state index is 11.4. The highest BCUT2D eigenvalue weighted by Gasteiger charge is 2.17. The monoisotopic (exact) mass is 286 g/mol. The van der Waals surface area contributed by atoms with Crippen molar-refractivity contribution in [1.29, 1.82) is 0 Å². The molecular weight excluding hydrogens is 268 g/mol. The molecular formula is C13H18O5S. The summed E-state index contributed by atoms with van der Waals surface area (Å²) in [7, 11) is 0. The molecule has 0 saturated heterocycles. The van der Waals surface area contributed by atoms with Crippen molar-refractivity contribution in [1.82, 2.24) is 0 Å². The molecule has 0 aliphatic heterocycles. The van der Waals surface area contributed by atoms with Gasteiger partial charge in [0.2, 0.25) is 0 Å². The van der Waals surface area contributed by atoms with Gasteiger partial charge in [0.25, 0.3) is 0 Å². The Bertz CT molecular complexity index is 405. The van der Waals surface area contributed by atoms with Gasteiger partial charge in [-0.15, -0.1) is 11.3 Å². The van der Waals surface area contributed by atoms with Crippen molar-refractivity contribution >= 4 is 23.5 Å². The van der Waals surface area contributed by atoms with E-state index in [1.54, 1.807) is 32.9 Å². The van der Waals surface area contributed by atoms with Gasteiger partial charge in [-0.3, -0.25) is 0 Å². The molecule has 0 radical (unpaired) electrons. The molecule has 6 heteroatoms. The van der Waals surface area contributed by atoms with E-state index in [0.29, 0.717) is 11.3 Å². The third-order valence-corrected chi connectivity index (χ3v) is 2.70. The number of carbonyl (C=O) groups excluding carboxylic acids is 2. The molecule has 0 spiro atoms. The number of hydrogen-bond donors (Lipinski definition) is 0. The lowest BCUT2D eigenvalue weighted by atomic mass is 10.2. The third kappa shape index (κ3) is 6.81. The molecule has 0 N–H and O–H groups in total. The summed E-state index contributed by atoms with van der Waals surface area (Å²) in [6, 6.07) is 3.48. The summed E-state index contributed by atoms with van der Waals surface area (Å²) in [6.45, 7) is 5.65. The second kappa shape index (κ2) is 7.13. The van der Waals surface area contributed by atoms with Crippen LogP contribution in [0.3, 0.4) is 0 Å². The Morgan fingerprint density at radius 2 is 1.89 bits per heavy atom. The first-order valence-electron chi connectivity index (χ1n) is 5.95. The standard InChI is InChI=1S/C13H18O5S/c1-13(2,3)18-12(15)17-8-5-7-16-11(14)10-6-4-9-19-10/h4,6,9H,5,7-8H2,1-3H3.